The Morgan fingerprint density at radius 2 is 1.83 bits per heavy atom. The molecule has 3 heteroatoms. The molecule has 1 aromatic carbocycles. The van der Waals surface area contributed by atoms with Gasteiger partial charge >= 0.3 is 0 Å². The van der Waals surface area contributed by atoms with Gasteiger partial charge in [-0.25, -0.2) is 9.97 Å². The maximum absolute atomic E-state index is 4.70. The second-order valence-electron chi connectivity index (χ2n) is 7.17. The SMILES string of the molecule is Cc1cc(C(C)(C)C)ccc1Cc1nccc(-c2cccnc2)n1. The van der Waals surface area contributed by atoms with Crippen molar-refractivity contribution in [3.05, 3.63) is 77.5 Å². The number of hydrogen-bond acceptors (Lipinski definition) is 3. The van der Waals surface area contributed by atoms with Gasteiger partial charge < -0.3 is 0 Å². The number of hydrogen-bond donors (Lipinski definition) is 0. The first-order chi connectivity index (χ1) is 11.4. The Morgan fingerprint density at radius 1 is 1.00 bits per heavy atom. The number of rotatable bonds is 3. The van der Waals surface area contributed by atoms with E-state index in [2.05, 4.69) is 55.9 Å². The summed E-state index contributed by atoms with van der Waals surface area (Å²) < 4.78 is 0. The average molecular weight is 317 g/mol. The van der Waals surface area contributed by atoms with Gasteiger partial charge in [-0.3, -0.25) is 4.98 Å². The van der Waals surface area contributed by atoms with Gasteiger partial charge in [0.15, 0.2) is 0 Å². The molecule has 0 unspecified atom stereocenters. The summed E-state index contributed by atoms with van der Waals surface area (Å²) in [5, 5.41) is 0. The molecule has 24 heavy (non-hydrogen) atoms. The largest absolute Gasteiger partial charge is 0.264 e. The van der Waals surface area contributed by atoms with Crippen molar-refractivity contribution in [3.8, 4) is 11.3 Å². The molecule has 0 aliphatic carbocycles. The van der Waals surface area contributed by atoms with Crippen LogP contribution >= 0.6 is 0 Å². The van der Waals surface area contributed by atoms with Crippen molar-refractivity contribution in [2.45, 2.75) is 39.5 Å². The van der Waals surface area contributed by atoms with E-state index in [-0.39, 0.29) is 5.41 Å². The van der Waals surface area contributed by atoms with Crippen molar-refractivity contribution < 1.29 is 0 Å². The van der Waals surface area contributed by atoms with Crippen LogP contribution in [0.1, 0.15) is 43.3 Å². The number of aromatic nitrogens is 3. The molecule has 2 heterocycles. The molecular weight excluding hydrogens is 294 g/mol. The summed E-state index contributed by atoms with van der Waals surface area (Å²) in [5.41, 5.74) is 6.01. The quantitative estimate of drug-likeness (QED) is 0.700. The van der Waals surface area contributed by atoms with E-state index in [4.69, 9.17) is 4.98 Å². The summed E-state index contributed by atoms with van der Waals surface area (Å²) in [4.78, 5) is 13.3. The minimum Gasteiger partial charge on any atom is -0.264 e. The summed E-state index contributed by atoms with van der Waals surface area (Å²) in [6.45, 7) is 8.88. The second kappa shape index (κ2) is 6.52. The zero-order valence-electron chi connectivity index (χ0n) is 14.7. The van der Waals surface area contributed by atoms with Gasteiger partial charge in [-0.15, -0.1) is 0 Å². The first-order valence-corrected chi connectivity index (χ1v) is 8.26. The van der Waals surface area contributed by atoms with Crippen LogP contribution in [0.25, 0.3) is 11.3 Å². The van der Waals surface area contributed by atoms with Gasteiger partial charge in [-0.2, -0.15) is 0 Å². The van der Waals surface area contributed by atoms with E-state index >= 15 is 0 Å². The zero-order valence-corrected chi connectivity index (χ0v) is 14.7. The molecule has 3 rings (SSSR count). The van der Waals surface area contributed by atoms with E-state index in [0.717, 1.165) is 23.5 Å². The van der Waals surface area contributed by atoms with Gasteiger partial charge in [0.1, 0.15) is 5.82 Å². The van der Waals surface area contributed by atoms with Gasteiger partial charge in [0.2, 0.25) is 0 Å². The maximum Gasteiger partial charge on any atom is 0.133 e. The predicted molar refractivity (Wildman–Crippen MR) is 97.9 cm³/mol. The third-order valence-electron chi connectivity index (χ3n) is 4.22. The smallest absolute Gasteiger partial charge is 0.133 e. The van der Waals surface area contributed by atoms with Crippen LogP contribution in [-0.4, -0.2) is 15.0 Å². The lowest BCUT2D eigenvalue weighted by molar-refractivity contribution is 0.589. The molecule has 0 N–H and O–H groups in total. The first-order valence-electron chi connectivity index (χ1n) is 8.26. The minimum absolute atomic E-state index is 0.167. The molecule has 0 atom stereocenters. The summed E-state index contributed by atoms with van der Waals surface area (Å²) in [7, 11) is 0. The Bertz CT molecular complexity index is 833. The molecular formula is C21H23N3. The van der Waals surface area contributed by atoms with Crippen molar-refractivity contribution in [2.75, 3.05) is 0 Å². The normalized spacial score (nSPS) is 11.5. The summed E-state index contributed by atoms with van der Waals surface area (Å²) in [6, 6.07) is 12.6. The average Bonchev–Trinajstić information content (AvgIpc) is 2.57. The Labute approximate surface area is 143 Å². The van der Waals surface area contributed by atoms with Crippen LogP contribution in [0, 0.1) is 6.92 Å². The number of benzene rings is 1. The van der Waals surface area contributed by atoms with Crippen molar-refractivity contribution in [3.63, 3.8) is 0 Å². The molecule has 0 saturated heterocycles. The van der Waals surface area contributed by atoms with E-state index in [0.29, 0.717) is 0 Å². The second-order valence-corrected chi connectivity index (χ2v) is 7.17. The van der Waals surface area contributed by atoms with Crippen LogP contribution in [0.4, 0.5) is 0 Å². The summed E-state index contributed by atoms with van der Waals surface area (Å²) in [5.74, 6) is 0.836. The van der Waals surface area contributed by atoms with Gasteiger partial charge in [-0.1, -0.05) is 39.0 Å². The van der Waals surface area contributed by atoms with Crippen molar-refractivity contribution in [1.82, 2.24) is 15.0 Å². The molecule has 0 aliphatic heterocycles. The molecule has 122 valence electrons. The molecule has 0 saturated carbocycles. The van der Waals surface area contributed by atoms with E-state index in [1.807, 2.05) is 30.6 Å². The van der Waals surface area contributed by atoms with Gasteiger partial charge in [0.05, 0.1) is 5.69 Å². The molecule has 3 aromatic rings. The van der Waals surface area contributed by atoms with E-state index in [1.54, 1.807) is 6.20 Å². The fourth-order valence-corrected chi connectivity index (χ4v) is 2.69. The monoisotopic (exact) mass is 317 g/mol. The summed E-state index contributed by atoms with van der Waals surface area (Å²) in [6.07, 6.45) is 6.16. The Hall–Kier alpha value is -2.55. The lowest BCUT2D eigenvalue weighted by Crippen LogP contribution is -2.11. The third kappa shape index (κ3) is 3.67. The van der Waals surface area contributed by atoms with Crippen molar-refractivity contribution in [2.24, 2.45) is 0 Å². The van der Waals surface area contributed by atoms with Crippen molar-refractivity contribution >= 4 is 0 Å². The molecule has 0 fully saturated rings. The number of aryl methyl sites for hydroxylation is 1. The fourth-order valence-electron chi connectivity index (χ4n) is 2.69. The molecule has 3 nitrogen and oxygen atoms in total. The number of nitrogens with zero attached hydrogens (tertiary/aromatic N) is 3. The van der Waals surface area contributed by atoms with Crippen molar-refractivity contribution in [1.29, 1.82) is 0 Å². The zero-order chi connectivity index (χ0) is 17.2. The summed E-state index contributed by atoms with van der Waals surface area (Å²) >= 11 is 0. The Morgan fingerprint density at radius 3 is 2.50 bits per heavy atom. The highest BCUT2D eigenvalue weighted by Crippen LogP contribution is 2.25. The standard InChI is InChI=1S/C21H23N3/c1-15-12-18(21(2,3)4)8-7-16(15)13-20-23-11-9-19(24-20)17-6-5-10-22-14-17/h5-12,14H,13H2,1-4H3. The lowest BCUT2D eigenvalue weighted by atomic mass is 9.85. The van der Waals surface area contributed by atoms with Crippen LogP contribution in [0.2, 0.25) is 0 Å². The predicted octanol–water partition coefficient (Wildman–Crippen LogP) is 4.74. The lowest BCUT2D eigenvalue weighted by Gasteiger charge is -2.20. The molecule has 0 spiro atoms. The maximum atomic E-state index is 4.70. The van der Waals surface area contributed by atoms with Gasteiger partial charge in [0.25, 0.3) is 0 Å². The van der Waals surface area contributed by atoms with Crippen LogP contribution < -0.4 is 0 Å². The van der Waals surface area contributed by atoms with Crippen LogP contribution in [0.15, 0.2) is 55.0 Å². The Balaban J connectivity index is 1.87. The molecule has 0 radical (unpaired) electrons. The van der Waals surface area contributed by atoms with Crippen LogP contribution in [0.3, 0.4) is 0 Å². The van der Waals surface area contributed by atoms with E-state index in [1.165, 1.54) is 16.7 Å². The van der Waals surface area contributed by atoms with Crippen LogP contribution in [-0.2, 0) is 11.8 Å². The van der Waals surface area contributed by atoms with E-state index < -0.39 is 0 Å². The Kier molecular flexibility index (Phi) is 4.43. The van der Waals surface area contributed by atoms with Gasteiger partial charge in [-0.05, 0) is 47.2 Å². The van der Waals surface area contributed by atoms with Crippen LogP contribution in [0.5, 0.6) is 0 Å². The fraction of sp³-hybridized carbons (Fsp3) is 0.286. The highest BCUT2D eigenvalue weighted by atomic mass is 14.9. The highest BCUT2D eigenvalue weighted by molar-refractivity contribution is 5.57. The minimum atomic E-state index is 0.167. The first kappa shape index (κ1) is 16.3. The molecule has 0 aliphatic rings. The highest BCUT2D eigenvalue weighted by Gasteiger charge is 2.15. The third-order valence-corrected chi connectivity index (χ3v) is 4.22. The molecule has 2 aromatic heterocycles. The molecule has 0 amide bonds. The molecule has 0 bridgehead atoms. The van der Waals surface area contributed by atoms with E-state index in [9.17, 15) is 0 Å². The topological polar surface area (TPSA) is 38.7 Å². The number of pyridine rings is 1. The van der Waals surface area contributed by atoms with Gasteiger partial charge in [0, 0.05) is 30.6 Å².